The average molecular weight is 252 g/mol. The van der Waals surface area contributed by atoms with Gasteiger partial charge in [0.25, 0.3) is 0 Å². The topological polar surface area (TPSA) is 0 Å². The van der Waals surface area contributed by atoms with Gasteiger partial charge in [-0.15, -0.1) is 0 Å². The standard InChI is InChI=1S/C9H17I/c1-2-6-9(5-1)10-7-3-4-8-10/h9H,1-8H2. The second kappa shape index (κ2) is 3.42. The van der Waals surface area contributed by atoms with Crippen LogP contribution in [0.2, 0.25) is 0 Å². The first kappa shape index (κ1) is 7.38. The van der Waals surface area contributed by atoms with Crippen LogP contribution >= 0.6 is 19.8 Å². The molecular weight excluding hydrogens is 235 g/mol. The van der Waals surface area contributed by atoms with Crippen LogP contribution in [0.4, 0.5) is 0 Å². The zero-order valence-corrected chi connectivity index (χ0v) is 8.77. The van der Waals surface area contributed by atoms with Crippen LogP contribution in [-0.2, 0) is 0 Å². The molecular formula is C9H17I. The van der Waals surface area contributed by atoms with E-state index in [1.165, 1.54) is 3.92 Å². The first-order chi connectivity index (χ1) is 4.97. The molecule has 1 aliphatic carbocycles. The Hall–Kier alpha value is 0.730. The zero-order valence-electron chi connectivity index (χ0n) is 6.61. The van der Waals surface area contributed by atoms with E-state index >= 15 is 0 Å². The Kier molecular flexibility index (Phi) is 2.52. The van der Waals surface area contributed by atoms with E-state index in [1.807, 2.05) is 0 Å². The maximum atomic E-state index is 1.72. The molecule has 0 aromatic carbocycles. The summed E-state index contributed by atoms with van der Waals surface area (Å²) in [6, 6.07) is 0. The summed E-state index contributed by atoms with van der Waals surface area (Å²) in [7, 11) is 0. The van der Waals surface area contributed by atoms with E-state index in [9.17, 15) is 0 Å². The van der Waals surface area contributed by atoms with Gasteiger partial charge in [0.15, 0.2) is 0 Å². The summed E-state index contributed by atoms with van der Waals surface area (Å²) < 4.78 is 4.75. The molecule has 2 fully saturated rings. The fraction of sp³-hybridized carbons (Fsp3) is 1.00. The molecule has 1 heteroatoms. The molecule has 0 nitrogen and oxygen atoms in total. The van der Waals surface area contributed by atoms with Crippen LogP contribution in [0.1, 0.15) is 38.5 Å². The second-order valence-corrected chi connectivity index (χ2v) is 10.2. The summed E-state index contributed by atoms with van der Waals surface area (Å²) in [6.45, 7) is 0. The van der Waals surface area contributed by atoms with Crippen LogP contribution in [0.25, 0.3) is 0 Å². The summed E-state index contributed by atoms with van der Waals surface area (Å²) in [5.74, 6) is 0. The van der Waals surface area contributed by atoms with Crippen LogP contribution in [-0.4, -0.2) is 12.8 Å². The molecule has 0 radical (unpaired) electrons. The third-order valence-corrected chi connectivity index (χ3v) is 10.8. The Morgan fingerprint density at radius 3 is 2.00 bits per heavy atom. The Morgan fingerprint density at radius 1 is 0.800 bits per heavy atom. The quantitative estimate of drug-likeness (QED) is 0.496. The molecule has 0 unspecified atom stereocenters. The predicted molar refractivity (Wildman–Crippen MR) is 55.2 cm³/mol. The number of halogens is 1. The van der Waals surface area contributed by atoms with Crippen molar-refractivity contribution in [2.45, 2.75) is 42.4 Å². The van der Waals surface area contributed by atoms with Gasteiger partial charge in [-0.1, -0.05) is 0 Å². The van der Waals surface area contributed by atoms with Gasteiger partial charge in [0.05, 0.1) is 0 Å². The molecule has 2 rings (SSSR count). The van der Waals surface area contributed by atoms with Gasteiger partial charge in [-0.2, -0.15) is 0 Å². The number of hydrogen-bond acceptors (Lipinski definition) is 0. The molecule has 0 N–H and O–H groups in total. The summed E-state index contributed by atoms with van der Waals surface area (Å²) in [5.41, 5.74) is 0. The number of hydrogen-bond donors (Lipinski definition) is 0. The van der Waals surface area contributed by atoms with Gasteiger partial charge < -0.3 is 0 Å². The van der Waals surface area contributed by atoms with E-state index in [2.05, 4.69) is 0 Å². The molecule has 1 aliphatic heterocycles. The normalized spacial score (nSPS) is 31.8. The van der Waals surface area contributed by atoms with Crippen LogP contribution < -0.4 is 0 Å². The van der Waals surface area contributed by atoms with Crippen molar-refractivity contribution >= 4 is 19.8 Å². The van der Waals surface area contributed by atoms with Crippen molar-refractivity contribution in [3.05, 3.63) is 0 Å². The van der Waals surface area contributed by atoms with Crippen LogP contribution in [0.15, 0.2) is 0 Å². The van der Waals surface area contributed by atoms with Gasteiger partial charge in [0.2, 0.25) is 0 Å². The van der Waals surface area contributed by atoms with E-state index in [1.54, 1.807) is 47.4 Å². The summed E-state index contributed by atoms with van der Waals surface area (Å²) >= 11 is -0.298. The minimum absolute atomic E-state index is 0.298. The zero-order chi connectivity index (χ0) is 6.81. The Labute approximate surface area is 71.2 Å². The average Bonchev–Trinajstić information content (AvgIpc) is 2.59. The molecule has 0 bridgehead atoms. The summed E-state index contributed by atoms with van der Waals surface area (Å²) in [4.78, 5) is 0. The van der Waals surface area contributed by atoms with Crippen molar-refractivity contribution in [2.24, 2.45) is 0 Å². The van der Waals surface area contributed by atoms with Crippen LogP contribution in [0.5, 0.6) is 0 Å². The minimum atomic E-state index is -0.298. The maximum absolute atomic E-state index is 1.72. The van der Waals surface area contributed by atoms with Gasteiger partial charge in [0, 0.05) is 0 Å². The molecule has 0 aromatic heterocycles. The van der Waals surface area contributed by atoms with Crippen molar-refractivity contribution < 1.29 is 0 Å². The van der Waals surface area contributed by atoms with Crippen molar-refractivity contribution in [1.82, 2.24) is 0 Å². The van der Waals surface area contributed by atoms with E-state index in [-0.39, 0.29) is 19.8 Å². The molecule has 1 saturated heterocycles. The third-order valence-electron chi connectivity index (χ3n) is 2.72. The third kappa shape index (κ3) is 1.49. The molecule has 1 heterocycles. The SMILES string of the molecule is C1CCC(I2CCCC2)C1. The second-order valence-electron chi connectivity index (χ2n) is 3.46. The molecule has 60 valence electrons. The summed E-state index contributed by atoms with van der Waals surface area (Å²) in [6.07, 6.45) is 9.59. The van der Waals surface area contributed by atoms with Gasteiger partial charge >= 0.3 is 71.1 Å². The van der Waals surface area contributed by atoms with Crippen LogP contribution in [0, 0.1) is 0 Å². The Balaban J connectivity index is 1.85. The number of alkyl halides is 3. The fourth-order valence-electron chi connectivity index (χ4n) is 2.12. The van der Waals surface area contributed by atoms with Crippen LogP contribution in [0.3, 0.4) is 0 Å². The molecule has 0 spiro atoms. The van der Waals surface area contributed by atoms with Gasteiger partial charge in [0.1, 0.15) is 0 Å². The molecule has 0 aromatic rings. The van der Waals surface area contributed by atoms with Gasteiger partial charge in [-0.25, -0.2) is 0 Å². The fourth-order valence-corrected chi connectivity index (χ4v) is 10.1. The molecule has 0 amide bonds. The van der Waals surface area contributed by atoms with Gasteiger partial charge in [-0.3, -0.25) is 0 Å². The van der Waals surface area contributed by atoms with Crippen molar-refractivity contribution in [3.8, 4) is 0 Å². The first-order valence-corrected chi connectivity index (χ1v) is 8.87. The monoisotopic (exact) mass is 252 g/mol. The van der Waals surface area contributed by atoms with E-state index < -0.39 is 0 Å². The van der Waals surface area contributed by atoms with Crippen molar-refractivity contribution in [3.63, 3.8) is 0 Å². The Bertz CT molecular complexity index is 85.3. The molecule has 2 aliphatic rings. The molecule has 1 saturated carbocycles. The first-order valence-electron chi connectivity index (χ1n) is 4.57. The Morgan fingerprint density at radius 2 is 1.40 bits per heavy atom. The van der Waals surface area contributed by atoms with E-state index in [4.69, 9.17) is 0 Å². The molecule has 0 atom stereocenters. The van der Waals surface area contributed by atoms with Crippen molar-refractivity contribution in [2.75, 3.05) is 8.86 Å². The predicted octanol–water partition coefficient (Wildman–Crippen LogP) is 3.23. The molecule has 10 heavy (non-hydrogen) atoms. The number of rotatable bonds is 1. The van der Waals surface area contributed by atoms with E-state index in [0.717, 1.165) is 0 Å². The van der Waals surface area contributed by atoms with Crippen molar-refractivity contribution in [1.29, 1.82) is 0 Å². The van der Waals surface area contributed by atoms with E-state index in [0.29, 0.717) is 0 Å². The van der Waals surface area contributed by atoms with Gasteiger partial charge in [-0.05, 0) is 0 Å². The summed E-state index contributed by atoms with van der Waals surface area (Å²) in [5, 5.41) is 0.